The number of ether oxygens (including phenoxy) is 2. The first kappa shape index (κ1) is 15.2. The Bertz CT molecular complexity index is 280. The zero-order valence-electron chi connectivity index (χ0n) is 11.4. The minimum absolute atomic E-state index is 0.578. The predicted octanol–water partition coefficient (Wildman–Crippen LogP) is 3.52. The van der Waals surface area contributed by atoms with Crippen LogP contribution in [0.25, 0.3) is 0 Å². The van der Waals surface area contributed by atoms with Crippen molar-refractivity contribution in [3.8, 4) is 12.3 Å². The van der Waals surface area contributed by atoms with Gasteiger partial charge in [0.1, 0.15) is 5.60 Å². The first-order valence-electron chi connectivity index (χ1n) is 5.61. The van der Waals surface area contributed by atoms with Crippen LogP contribution in [0.15, 0.2) is 11.6 Å². The molecule has 0 rings (SSSR count). The highest BCUT2D eigenvalue weighted by molar-refractivity contribution is 5.08. The van der Waals surface area contributed by atoms with Crippen molar-refractivity contribution in [3.63, 3.8) is 0 Å². The van der Waals surface area contributed by atoms with Crippen molar-refractivity contribution >= 4 is 0 Å². The molecule has 0 aromatic heterocycles. The molecule has 92 valence electrons. The molecule has 0 fully saturated rings. The molecule has 0 aromatic carbocycles. The molecule has 0 radical (unpaired) electrons. The van der Waals surface area contributed by atoms with Crippen molar-refractivity contribution in [1.29, 1.82) is 0 Å². The molecule has 1 atom stereocenters. The summed E-state index contributed by atoms with van der Waals surface area (Å²) < 4.78 is 11.0. The molecule has 16 heavy (non-hydrogen) atoms. The van der Waals surface area contributed by atoms with Crippen LogP contribution in [-0.4, -0.2) is 18.5 Å². The van der Waals surface area contributed by atoms with Crippen molar-refractivity contribution in [1.82, 2.24) is 0 Å². The van der Waals surface area contributed by atoms with Gasteiger partial charge in [0.2, 0.25) is 0 Å². The van der Waals surface area contributed by atoms with Crippen molar-refractivity contribution < 1.29 is 9.47 Å². The second-order valence-corrected chi connectivity index (χ2v) is 4.90. The lowest BCUT2D eigenvalue weighted by Gasteiger charge is -2.34. The second kappa shape index (κ2) is 6.08. The fourth-order valence-electron chi connectivity index (χ4n) is 1.37. The molecule has 0 aliphatic heterocycles. The zero-order chi connectivity index (χ0) is 12.8. The van der Waals surface area contributed by atoms with Gasteiger partial charge in [-0.2, -0.15) is 0 Å². The van der Waals surface area contributed by atoms with Gasteiger partial charge in [-0.15, -0.1) is 6.42 Å². The summed E-state index contributed by atoms with van der Waals surface area (Å²) >= 11 is 0. The fraction of sp³-hybridized carbons (Fsp3) is 0.714. The Morgan fingerprint density at radius 3 is 2.25 bits per heavy atom. The van der Waals surface area contributed by atoms with Crippen LogP contribution in [0.4, 0.5) is 0 Å². The molecule has 1 unspecified atom stereocenters. The average Bonchev–Trinajstić information content (AvgIpc) is 2.16. The van der Waals surface area contributed by atoms with Gasteiger partial charge in [-0.05, 0) is 47.5 Å². The first-order valence-corrected chi connectivity index (χ1v) is 5.61. The van der Waals surface area contributed by atoms with Crippen LogP contribution in [0.5, 0.6) is 0 Å². The van der Waals surface area contributed by atoms with E-state index in [0.29, 0.717) is 0 Å². The highest BCUT2D eigenvalue weighted by atomic mass is 16.7. The molecule has 2 heteroatoms. The van der Waals surface area contributed by atoms with Crippen LogP contribution in [0.1, 0.15) is 47.5 Å². The molecule has 0 spiro atoms. The minimum Gasteiger partial charge on any atom is -0.354 e. The van der Waals surface area contributed by atoms with E-state index in [-0.39, 0.29) is 0 Å². The molecule has 0 heterocycles. The predicted molar refractivity (Wildman–Crippen MR) is 68.1 cm³/mol. The monoisotopic (exact) mass is 224 g/mol. The summed E-state index contributed by atoms with van der Waals surface area (Å²) in [6.45, 7) is 9.81. The van der Waals surface area contributed by atoms with Crippen molar-refractivity contribution in [2.45, 2.75) is 58.8 Å². The number of methoxy groups -OCH3 is 1. The lowest BCUT2D eigenvalue weighted by Crippen LogP contribution is -2.39. The van der Waals surface area contributed by atoms with E-state index in [1.54, 1.807) is 7.11 Å². The third-order valence-electron chi connectivity index (χ3n) is 2.44. The Morgan fingerprint density at radius 2 is 1.88 bits per heavy atom. The van der Waals surface area contributed by atoms with Gasteiger partial charge in [0.25, 0.3) is 0 Å². The van der Waals surface area contributed by atoms with Crippen LogP contribution < -0.4 is 0 Å². The van der Waals surface area contributed by atoms with Crippen molar-refractivity contribution in [2.24, 2.45) is 0 Å². The Balaban J connectivity index is 4.45. The largest absolute Gasteiger partial charge is 0.354 e. The summed E-state index contributed by atoms with van der Waals surface area (Å²) in [6.07, 6.45) is 9.41. The third kappa shape index (κ3) is 5.95. The molecule has 2 nitrogen and oxygen atoms in total. The Kier molecular flexibility index (Phi) is 5.78. The molecule has 0 aromatic rings. The standard InChI is InChI=1S/C14H24O2/c1-8-14(6,11-9-10-12(2)3)16-13(4,5)15-7/h1,10H,9,11H2,2-7H3. The lowest BCUT2D eigenvalue weighted by atomic mass is 9.99. The van der Waals surface area contributed by atoms with Gasteiger partial charge < -0.3 is 9.47 Å². The van der Waals surface area contributed by atoms with Crippen LogP contribution in [0.3, 0.4) is 0 Å². The summed E-state index contributed by atoms with van der Waals surface area (Å²) in [4.78, 5) is 0. The number of allylic oxidation sites excluding steroid dienone is 2. The highest BCUT2D eigenvalue weighted by Crippen LogP contribution is 2.25. The van der Waals surface area contributed by atoms with Gasteiger partial charge in [-0.3, -0.25) is 0 Å². The summed E-state index contributed by atoms with van der Waals surface area (Å²) in [5.74, 6) is 2.06. The summed E-state index contributed by atoms with van der Waals surface area (Å²) in [7, 11) is 1.62. The van der Waals surface area contributed by atoms with Crippen LogP contribution in [0, 0.1) is 12.3 Å². The molecule has 0 bridgehead atoms. The van der Waals surface area contributed by atoms with Crippen LogP contribution in [0.2, 0.25) is 0 Å². The maximum Gasteiger partial charge on any atom is 0.164 e. The highest BCUT2D eigenvalue weighted by Gasteiger charge is 2.30. The van der Waals surface area contributed by atoms with E-state index in [0.717, 1.165) is 12.8 Å². The van der Waals surface area contributed by atoms with Gasteiger partial charge >= 0.3 is 0 Å². The van der Waals surface area contributed by atoms with Gasteiger partial charge in [0.05, 0.1) is 0 Å². The molecule has 0 saturated heterocycles. The van der Waals surface area contributed by atoms with Crippen LogP contribution in [-0.2, 0) is 9.47 Å². The van der Waals surface area contributed by atoms with Gasteiger partial charge in [-0.1, -0.05) is 17.6 Å². The third-order valence-corrected chi connectivity index (χ3v) is 2.44. The van der Waals surface area contributed by atoms with E-state index < -0.39 is 11.4 Å². The summed E-state index contributed by atoms with van der Waals surface area (Å²) in [5.41, 5.74) is 0.719. The fourth-order valence-corrected chi connectivity index (χ4v) is 1.37. The number of terminal acetylenes is 1. The van der Waals surface area contributed by atoms with Gasteiger partial charge in [0.15, 0.2) is 5.79 Å². The van der Waals surface area contributed by atoms with Crippen LogP contribution >= 0.6 is 0 Å². The van der Waals surface area contributed by atoms with E-state index in [1.165, 1.54) is 5.57 Å². The SMILES string of the molecule is C#CC(C)(CCC=C(C)C)OC(C)(C)OC. The Morgan fingerprint density at radius 1 is 1.31 bits per heavy atom. The smallest absolute Gasteiger partial charge is 0.164 e. The molecule has 0 aliphatic carbocycles. The van der Waals surface area contributed by atoms with E-state index in [1.807, 2.05) is 20.8 Å². The van der Waals surface area contributed by atoms with Crippen molar-refractivity contribution in [3.05, 3.63) is 11.6 Å². The molecular formula is C14H24O2. The minimum atomic E-state index is -0.647. The van der Waals surface area contributed by atoms with E-state index >= 15 is 0 Å². The maximum atomic E-state index is 5.82. The summed E-state index contributed by atoms with van der Waals surface area (Å²) in [6, 6.07) is 0. The molecular weight excluding hydrogens is 200 g/mol. The Labute approximate surface area is 100 Å². The number of hydrogen-bond donors (Lipinski definition) is 0. The number of hydrogen-bond acceptors (Lipinski definition) is 2. The van der Waals surface area contributed by atoms with Gasteiger partial charge in [-0.25, -0.2) is 0 Å². The molecule has 0 amide bonds. The molecule has 0 N–H and O–H groups in total. The van der Waals surface area contributed by atoms with E-state index in [9.17, 15) is 0 Å². The number of rotatable bonds is 6. The first-order chi connectivity index (χ1) is 7.24. The normalized spacial score (nSPS) is 15.1. The average molecular weight is 224 g/mol. The van der Waals surface area contributed by atoms with E-state index in [4.69, 9.17) is 15.9 Å². The zero-order valence-corrected chi connectivity index (χ0v) is 11.4. The molecule has 0 aliphatic rings. The topological polar surface area (TPSA) is 18.5 Å². The Hall–Kier alpha value is -0.780. The van der Waals surface area contributed by atoms with Gasteiger partial charge in [0, 0.05) is 7.11 Å². The maximum absolute atomic E-state index is 5.82. The second-order valence-electron chi connectivity index (χ2n) is 4.90. The summed E-state index contributed by atoms with van der Waals surface area (Å²) in [5, 5.41) is 0. The van der Waals surface area contributed by atoms with E-state index in [2.05, 4.69) is 25.8 Å². The quantitative estimate of drug-likeness (QED) is 0.390. The molecule has 0 saturated carbocycles. The lowest BCUT2D eigenvalue weighted by molar-refractivity contribution is -0.240. The van der Waals surface area contributed by atoms with Crippen molar-refractivity contribution in [2.75, 3.05) is 7.11 Å².